The summed E-state index contributed by atoms with van der Waals surface area (Å²) in [5, 5.41) is 8.08. The normalized spacial score (nSPS) is 25.0. The number of hydrogen-bond donors (Lipinski definition) is 1. The van der Waals surface area contributed by atoms with E-state index in [1.165, 1.54) is 43.9 Å². The zero-order valence-corrected chi connectivity index (χ0v) is 13.7. The predicted molar refractivity (Wildman–Crippen MR) is 85.5 cm³/mol. The van der Waals surface area contributed by atoms with E-state index in [9.17, 15) is 0 Å². The van der Waals surface area contributed by atoms with Crippen molar-refractivity contribution in [1.29, 1.82) is 0 Å². The lowest BCUT2D eigenvalue weighted by molar-refractivity contribution is 0.170. The third-order valence-corrected chi connectivity index (χ3v) is 4.86. The van der Waals surface area contributed by atoms with Crippen molar-refractivity contribution in [3.8, 4) is 0 Å². The summed E-state index contributed by atoms with van der Waals surface area (Å²) in [6.45, 7) is 14.7. The molecule has 1 aromatic heterocycles. The van der Waals surface area contributed by atoms with Gasteiger partial charge in [-0.2, -0.15) is 5.10 Å². The minimum absolute atomic E-state index is 0.449. The topological polar surface area (TPSA) is 36.3 Å². The van der Waals surface area contributed by atoms with E-state index in [0.717, 1.165) is 25.7 Å². The van der Waals surface area contributed by atoms with E-state index in [2.05, 4.69) is 51.9 Å². The summed E-state index contributed by atoms with van der Waals surface area (Å²) in [4.78, 5) is 5.27. The predicted octanol–water partition coefficient (Wildman–Crippen LogP) is 1.25. The molecular weight excluding hydrogens is 262 g/mol. The van der Waals surface area contributed by atoms with Crippen molar-refractivity contribution < 1.29 is 0 Å². The first-order valence-corrected chi connectivity index (χ1v) is 8.35. The van der Waals surface area contributed by atoms with Crippen molar-refractivity contribution in [1.82, 2.24) is 24.9 Å². The van der Waals surface area contributed by atoms with Crippen LogP contribution < -0.4 is 5.32 Å². The van der Waals surface area contributed by atoms with Gasteiger partial charge in [0.05, 0.1) is 5.69 Å². The molecule has 0 aromatic carbocycles. The maximum Gasteiger partial charge on any atom is 0.0638 e. The number of piperazine rings is 1. The Morgan fingerprint density at radius 2 is 2.05 bits per heavy atom. The van der Waals surface area contributed by atoms with Crippen LogP contribution in [0.1, 0.15) is 37.6 Å². The van der Waals surface area contributed by atoms with Crippen LogP contribution in [0.25, 0.3) is 0 Å². The van der Waals surface area contributed by atoms with Crippen molar-refractivity contribution in [2.24, 2.45) is 0 Å². The van der Waals surface area contributed by atoms with Gasteiger partial charge in [-0.05, 0) is 27.2 Å². The van der Waals surface area contributed by atoms with Crippen molar-refractivity contribution >= 4 is 0 Å². The van der Waals surface area contributed by atoms with Gasteiger partial charge in [-0.3, -0.25) is 14.5 Å². The van der Waals surface area contributed by atoms with E-state index in [1.54, 1.807) is 0 Å². The standard InChI is InChI=1S/C16H29N5/c1-13(2)21-11-15(14(3)18-21)10-19-7-4-16(12-19)20-8-5-17-6-9-20/h11,13,16-17H,4-10,12H2,1-3H3. The second-order valence-corrected chi connectivity index (χ2v) is 6.78. The number of aromatic nitrogens is 2. The molecule has 1 N–H and O–H groups in total. The monoisotopic (exact) mass is 291 g/mol. The third-order valence-electron chi connectivity index (χ3n) is 4.86. The minimum Gasteiger partial charge on any atom is -0.314 e. The molecule has 0 radical (unpaired) electrons. The molecule has 0 saturated carbocycles. The fraction of sp³-hybridized carbons (Fsp3) is 0.812. The summed E-state index contributed by atoms with van der Waals surface area (Å²) in [6, 6.07) is 1.21. The van der Waals surface area contributed by atoms with Gasteiger partial charge in [0.1, 0.15) is 0 Å². The van der Waals surface area contributed by atoms with Crippen LogP contribution in [0.2, 0.25) is 0 Å². The molecule has 2 fully saturated rings. The van der Waals surface area contributed by atoms with Crippen molar-refractivity contribution in [3.05, 3.63) is 17.5 Å². The number of nitrogens with zero attached hydrogens (tertiary/aromatic N) is 4. The van der Waals surface area contributed by atoms with Crippen LogP contribution in [0.15, 0.2) is 6.20 Å². The first-order valence-electron chi connectivity index (χ1n) is 8.35. The van der Waals surface area contributed by atoms with Crippen molar-refractivity contribution in [3.63, 3.8) is 0 Å². The average molecular weight is 291 g/mol. The lowest BCUT2D eigenvalue weighted by atomic mass is 10.2. The first-order chi connectivity index (χ1) is 10.1. The molecule has 5 nitrogen and oxygen atoms in total. The fourth-order valence-electron chi connectivity index (χ4n) is 3.48. The van der Waals surface area contributed by atoms with Crippen molar-refractivity contribution in [2.45, 2.75) is 45.8 Å². The van der Waals surface area contributed by atoms with Gasteiger partial charge in [0.15, 0.2) is 0 Å². The Kier molecular flexibility index (Phi) is 4.62. The number of aryl methyl sites for hydroxylation is 1. The van der Waals surface area contributed by atoms with Crippen LogP contribution in [0.3, 0.4) is 0 Å². The largest absolute Gasteiger partial charge is 0.314 e. The number of nitrogens with one attached hydrogen (secondary N) is 1. The summed E-state index contributed by atoms with van der Waals surface area (Å²) < 4.78 is 2.09. The number of hydrogen-bond acceptors (Lipinski definition) is 4. The highest BCUT2D eigenvalue weighted by Gasteiger charge is 2.28. The van der Waals surface area contributed by atoms with Crippen LogP contribution >= 0.6 is 0 Å². The summed E-state index contributed by atoms with van der Waals surface area (Å²) in [6.07, 6.45) is 3.55. The van der Waals surface area contributed by atoms with E-state index in [1.807, 2.05) is 0 Å². The molecule has 118 valence electrons. The Bertz CT molecular complexity index is 461. The molecule has 3 heterocycles. The van der Waals surface area contributed by atoms with Gasteiger partial charge in [0.2, 0.25) is 0 Å². The third kappa shape index (κ3) is 3.47. The van der Waals surface area contributed by atoms with E-state index < -0.39 is 0 Å². The van der Waals surface area contributed by atoms with E-state index in [4.69, 9.17) is 0 Å². The van der Waals surface area contributed by atoms with Gasteiger partial charge in [-0.15, -0.1) is 0 Å². The van der Waals surface area contributed by atoms with E-state index in [-0.39, 0.29) is 0 Å². The number of rotatable bonds is 4. The van der Waals surface area contributed by atoms with Crippen LogP contribution in [0, 0.1) is 6.92 Å². The highest BCUT2D eigenvalue weighted by Crippen LogP contribution is 2.20. The Hall–Kier alpha value is -0.910. The average Bonchev–Trinajstić information content (AvgIpc) is 3.08. The maximum absolute atomic E-state index is 4.63. The zero-order valence-electron chi connectivity index (χ0n) is 13.7. The Labute approximate surface area is 128 Å². The molecule has 0 spiro atoms. The lowest BCUT2D eigenvalue weighted by Gasteiger charge is -2.32. The molecule has 3 rings (SSSR count). The summed E-state index contributed by atoms with van der Waals surface area (Å²) in [7, 11) is 0. The lowest BCUT2D eigenvalue weighted by Crippen LogP contribution is -2.49. The molecule has 0 bridgehead atoms. The van der Waals surface area contributed by atoms with Crippen LogP contribution in [-0.4, -0.2) is 64.9 Å². The molecule has 21 heavy (non-hydrogen) atoms. The van der Waals surface area contributed by atoms with Gasteiger partial charge in [0, 0.05) is 69.7 Å². The minimum atomic E-state index is 0.449. The quantitative estimate of drug-likeness (QED) is 0.906. The summed E-state index contributed by atoms with van der Waals surface area (Å²) in [5.41, 5.74) is 2.58. The molecule has 0 aliphatic carbocycles. The molecule has 2 aliphatic heterocycles. The summed E-state index contributed by atoms with van der Waals surface area (Å²) in [5.74, 6) is 0. The van der Waals surface area contributed by atoms with Gasteiger partial charge in [-0.1, -0.05) is 0 Å². The molecule has 0 amide bonds. The van der Waals surface area contributed by atoms with Crippen LogP contribution in [-0.2, 0) is 6.54 Å². The Balaban J connectivity index is 1.57. The van der Waals surface area contributed by atoms with Gasteiger partial charge in [0.25, 0.3) is 0 Å². The maximum atomic E-state index is 4.63. The molecule has 1 aromatic rings. The van der Waals surface area contributed by atoms with Crippen LogP contribution in [0.5, 0.6) is 0 Å². The van der Waals surface area contributed by atoms with E-state index >= 15 is 0 Å². The van der Waals surface area contributed by atoms with Crippen LogP contribution in [0.4, 0.5) is 0 Å². The first kappa shape index (κ1) is 15.0. The summed E-state index contributed by atoms with van der Waals surface area (Å²) >= 11 is 0. The Morgan fingerprint density at radius 1 is 1.29 bits per heavy atom. The second-order valence-electron chi connectivity index (χ2n) is 6.78. The number of likely N-dealkylation sites (tertiary alicyclic amines) is 1. The van der Waals surface area contributed by atoms with Gasteiger partial charge in [-0.25, -0.2) is 0 Å². The molecular formula is C16H29N5. The van der Waals surface area contributed by atoms with E-state index in [0.29, 0.717) is 6.04 Å². The second kappa shape index (κ2) is 6.46. The SMILES string of the molecule is Cc1nn(C(C)C)cc1CN1CCC(N2CCNCC2)C1. The van der Waals surface area contributed by atoms with Gasteiger partial charge >= 0.3 is 0 Å². The highest BCUT2D eigenvalue weighted by molar-refractivity contribution is 5.16. The molecule has 2 saturated heterocycles. The molecule has 1 atom stereocenters. The fourth-order valence-corrected chi connectivity index (χ4v) is 3.48. The smallest absolute Gasteiger partial charge is 0.0638 e. The van der Waals surface area contributed by atoms with Crippen molar-refractivity contribution in [2.75, 3.05) is 39.3 Å². The molecule has 2 aliphatic rings. The Morgan fingerprint density at radius 3 is 2.71 bits per heavy atom. The highest BCUT2D eigenvalue weighted by atomic mass is 15.3. The zero-order chi connectivity index (χ0) is 14.8. The molecule has 5 heteroatoms. The molecule has 1 unspecified atom stereocenters. The van der Waals surface area contributed by atoms with Gasteiger partial charge < -0.3 is 5.32 Å².